The van der Waals surface area contributed by atoms with Gasteiger partial charge in [0.15, 0.2) is 0 Å². The smallest absolute Gasteiger partial charge is 0.0732 e. The van der Waals surface area contributed by atoms with Gasteiger partial charge in [-0.1, -0.05) is 237 Å². The number of para-hydroxylation sites is 1. The number of rotatable bonds is 6. The summed E-state index contributed by atoms with van der Waals surface area (Å²) in [6.07, 6.45) is 0. The molecule has 1 spiro atoms. The van der Waals surface area contributed by atoms with Gasteiger partial charge >= 0.3 is 0 Å². The summed E-state index contributed by atoms with van der Waals surface area (Å²) in [7, 11) is 0. The Morgan fingerprint density at radius 3 is 1.25 bits per heavy atom. The molecule has 3 aliphatic rings. The third kappa shape index (κ3) is 5.03. The summed E-state index contributed by atoms with van der Waals surface area (Å²) < 4.78 is 0. The average molecular weight is 850 g/mol. The van der Waals surface area contributed by atoms with E-state index in [1.165, 1.54) is 105 Å². The maximum atomic E-state index is 2.60. The van der Waals surface area contributed by atoms with E-state index in [1.54, 1.807) is 0 Å². The number of anilines is 3. The van der Waals surface area contributed by atoms with Crippen LogP contribution in [-0.2, 0) is 10.8 Å². The molecule has 1 heteroatoms. The molecule has 0 saturated heterocycles. The highest BCUT2D eigenvalue weighted by molar-refractivity contribution is 6.17. The van der Waals surface area contributed by atoms with E-state index < -0.39 is 10.8 Å². The molecule has 14 rings (SSSR count). The highest BCUT2D eigenvalue weighted by Gasteiger charge is 2.54. The molecule has 11 aromatic carbocycles. The Kier molecular flexibility index (Phi) is 8.18. The second-order valence-corrected chi connectivity index (χ2v) is 18.2. The largest absolute Gasteiger partial charge is 0.309 e. The van der Waals surface area contributed by atoms with Crippen molar-refractivity contribution in [1.82, 2.24) is 0 Å². The number of hydrogen-bond donors (Lipinski definition) is 0. The molecule has 11 aromatic rings. The minimum absolute atomic E-state index is 0.555. The Bertz CT molecular complexity index is 3650. The van der Waals surface area contributed by atoms with E-state index in [-0.39, 0.29) is 0 Å². The van der Waals surface area contributed by atoms with Gasteiger partial charge in [-0.15, -0.1) is 0 Å². The van der Waals surface area contributed by atoms with Gasteiger partial charge in [-0.25, -0.2) is 0 Å². The van der Waals surface area contributed by atoms with Gasteiger partial charge in [0.2, 0.25) is 0 Å². The average Bonchev–Trinajstić information content (AvgIpc) is 4.00. The number of nitrogens with zero attached hydrogens (tertiary/aromatic N) is 1. The summed E-state index contributed by atoms with van der Waals surface area (Å²) in [6.45, 7) is 0. The first-order chi connectivity index (χ1) is 33.3. The number of benzene rings is 11. The molecule has 3 aliphatic carbocycles. The van der Waals surface area contributed by atoms with Crippen molar-refractivity contribution in [2.45, 2.75) is 10.8 Å². The minimum Gasteiger partial charge on any atom is -0.309 e. The van der Waals surface area contributed by atoms with Crippen molar-refractivity contribution >= 4 is 27.8 Å². The normalized spacial score (nSPS) is 13.9. The molecular weight excluding hydrogens is 807 g/mol. The van der Waals surface area contributed by atoms with Crippen molar-refractivity contribution in [3.05, 3.63) is 305 Å². The molecule has 67 heavy (non-hydrogen) atoms. The fourth-order valence-electron chi connectivity index (χ4n) is 12.7. The molecule has 0 aliphatic heterocycles. The van der Waals surface area contributed by atoms with Crippen LogP contribution in [-0.4, -0.2) is 0 Å². The second-order valence-electron chi connectivity index (χ2n) is 18.2. The van der Waals surface area contributed by atoms with Crippen LogP contribution in [0.15, 0.2) is 261 Å². The van der Waals surface area contributed by atoms with Crippen LogP contribution in [0.25, 0.3) is 55.3 Å². The van der Waals surface area contributed by atoms with Gasteiger partial charge in [0.1, 0.15) is 0 Å². The second kappa shape index (κ2) is 14.5. The van der Waals surface area contributed by atoms with E-state index in [0.717, 1.165) is 11.4 Å². The quantitative estimate of drug-likeness (QED) is 0.161. The highest BCUT2D eigenvalue weighted by atomic mass is 15.1. The SMILES string of the molecule is c1ccc(-c2c(N(c3ccccc3)c3ccc4c(c3)C(c3ccccc3)(c3ccccc3)c3ccccc3-4)c3c(c4ccccc24)C2(c4ccccc4-c4ccccc42)c2ccccc2-3)cc1. The lowest BCUT2D eigenvalue weighted by Gasteiger charge is -2.36. The van der Waals surface area contributed by atoms with Crippen molar-refractivity contribution < 1.29 is 0 Å². The van der Waals surface area contributed by atoms with Gasteiger partial charge in [-0.2, -0.15) is 0 Å². The summed E-state index contributed by atoms with van der Waals surface area (Å²) in [4.78, 5) is 2.60. The predicted octanol–water partition coefficient (Wildman–Crippen LogP) is 16.7. The van der Waals surface area contributed by atoms with Gasteiger partial charge in [0.05, 0.1) is 16.5 Å². The maximum absolute atomic E-state index is 2.60. The monoisotopic (exact) mass is 849 g/mol. The lowest BCUT2D eigenvalue weighted by Crippen LogP contribution is -2.28. The summed E-state index contributed by atoms with van der Waals surface area (Å²) in [6, 6.07) is 97.7. The first kappa shape index (κ1) is 37.8. The van der Waals surface area contributed by atoms with E-state index in [2.05, 4.69) is 266 Å². The van der Waals surface area contributed by atoms with Crippen LogP contribution in [0, 0.1) is 0 Å². The van der Waals surface area contributed by atoms with E-state index in [1.807, 2.05) is 0 Å². The highest BCUT2D eigenvalue weighted by Crippen LogP contribution is 2.68. The van der Waals surface area contributed by atoms with Gasteiger partial charge in [-0.3, -0.25) is 0 Å². The molecule has 0 atom stereocenters. The van der Waals surface area contributed by atoms with Crippen molar-refractivity contribution in [2.75, 3.05) is 4.90 Å². The molecular formula is C66H43N. The van der Waals surface area contributed by atoms with Crippen molar-refractivity contribution in [1.29, 1.82) is 0 Å². The first-order valence-electron chi connectivity index (χ1n) is 23.4. The van der Waals surface area contributed by atoms with Crippen LogP contribution < -0.4 is 4.90 Å². The van der Waals surface area contributed by atoms with Crippen LogP contribution in [0.3, 0.4) is 0 Å². The van der Waals surface area contributed by atoms with Crippen molar-refractivity contribution in [3.63, 3.8) is 0 Å². The van der Waals surface area contributed by atoms with E-state index in [9.17, 15) is 0 Å². The zero-order valence-corrected chi connectivity index (χ0v) is 36.8. The molecule has 0 amide bonds. The van der Waals surface area contributed by atoms with Crippen LogP contribution in [0.4, 0.5) is 17.1 Å². The summed E-state index contributed by atoms with van der Waals surface area (Å²) in [5.41, 5.74) is 22.7. The van der Waals surface area contributed by atoms with Crippen molar-refractivity contribution in [2.24, 2.45) is 0 Å². The molecule has 0 unspecified atom stereocenters. The van der Waals surface area contributed by atoms with Gasteiger partial charge in [0, 0.05) is 22.5 Å². The maximum Gasteiger partial charge on any atom is 0.0732 e. The lowest BCUT2D eigenvalue weighted by molar-refractivity contribution is 0.768. The molecule has 0 radical (unpaired) electrons. The topological polar surface area (TPSA) is 3.24 Å². The predicted molar refractivity (Wildman–Crippen MR) is 278 cm³/mol. The van der Waals surface area contributed by atoms with Gasteiger partial charge < -0.3 is 4.90 Å². The van der Waals surface area contributed by atoms with Crippen molar-refractivity contribution in [3.8, 4) is 44.5 Å². The third-order valence-corrected chi connectivity index (χ3v) is 15.1. The molecule has 0 saturated carbocycles. The third-order valence-electron chi connectivity index (χ3n) is 15.1. The van der Waals surface area contributed by atoms with Gasteiger partial charge in [0.25, 0.3) is 0 Å². The Morgan fingerprint density at radius 2 is 0.687 bits per heavy atom. The molecule has 0 fully saturated rings. The first-order valence-corrected chi connectivity index (χ1v) is 23.4. The fraction of sp³-hybridized carbons (Fsp3) is 0.0303. The van der Waals surface area contributed by atoms with E-state index in [0.29, 0.717) is 0 Å². The van der Waals surface area contributed by atoms with Crippen LogP contribution in [0.1, 0.15) is 44.5 Å². The molecule has 1 nitrogen and oxygen atoms in total. The Labute approximate surface area is 391 Å². The summed E-state index contributed by atoms with van der Waals surface area (Å²) in [5.74, 6) is 0. The zero-order valence-electron chi connectivity index (χ0n) is 36.8. The lowest BCUT2D eigenvalue weighted by atomic mass is 9.67. The standard InChI is InChI=1S/C66H43N/c1-5-23-44(24-6-1)61-53-34-13-14-35-54(53)63-62(55-36-18-22-40-59(55)66(63)57-38-20-16-31-49(57)50-32-17-21-39-58(50)66)64(61)67(47-29-11-4-12-30-47)48-41-42-52-51-33-15-19-37-56(51)65(60(52)43-48,45-25-7-2-8-26-45)46-27-9-3-10-28-46/h1-43H. The molecule has 0 N–H and O–H groups in total. The fourth-order valence-corrected chi connectivity index (χ4v) is 12.7. The Hall–Kier alpha value is -8.52. The van der Waals surface area contributed by atoms with Crippen LogP contribution >= 0.6 is 0 Å². The molecule has 0 aromatic heterocycles. The summed E-state index contributed by atoms with van der Waals surface area (Å²) in [5, 5.41) is 2.50. The van der Waals surface area contributed by atoms with Crippen LogP contribution in [0.2, 0.25) is 0 Å². The molecule has 0 heterocycles. The van der Waals surface area contributed by atoms with E-state index >= 15 is 0 Å². The zero-order chi connectivity index (χ0) is 44.1. The van der Waals surface area contributed by atoms with E-state index in [4.69, 9.17) is 0 Å². The Morgan fingerprint density at radius 1 is 0.269 bits per heavy atom. The Balaban J connectivity index is 1.17. The minimum atomic E-state index is -0.561. The summed E-state index contributed by atoms with van der Waals surface area (Å²) >= 11 is 0. The van der Waals surface area contributed by atoms with Crippen LogP contribution in [0.5, 0.6) is 0 Å². The molecule has 0 bridgehead atoms. The number of hydrogen-bond acceptors (Lipinski definition) is 1. The molecule has 312 valence electrons. The number of fused-ring (bicyclic) bond motifs is 15. The van der Waals surface area contributed by atoms with Gasteiger partial charge in [-0.05, 0) is 113 Å².